The van der Waals surface area contributed by atoms with Gasteiger partial charge in [-0.05, 0) is 36.8 Å². The molecule has 4 aromatic rings. The zero-order chi connectivity index (χ0) is 21.8. The lowest BCUT2D eigenvalue weighted by atomic mass is 10.1. The lowest BCUT2D eigenvalue weighted by molar-refractivity contribution is -0.118. The van der Waals surface area contributed by atoms with Crippen LogP contribution in [-0.2, 0) is 11.3 Å². The summed E-state index contributed by atoms with van der Waals surface area (Å²) < 4.78 is 1.47. The van der Waals surface area contributed by atoms with Gasteiger partial charge in [0.1, 0.15) is 0 Å². The zero-order valence-electron chi connectivity index (χ0n) is 16.8. The van der Waals surface area contributed by atoms with Crippen LogP contribution in [0.5, 0.6) is 0 Å². The molecule has 3 aromatic carbocycles. The third kappa shape index (κ3) is 4.81. The number of thioether (sulfide) groups is 1. The van der Waals surface area contributed by atoms with Crippen molar-refractivity contribution in [2.24, 2.45) is 0 Å². The maximum absolute atomic E-state index is 13.2. The number of rotatable bonds is 6. The van der Waals surface area contributed by atoms with Crippen molar-refractivity contribution in [3.8, 4) is 5.69 Å². The summed E-state index contributed by atoms with van der Waals surface area (Å²) in [6.45, 7) is 2.47. The van der Waals surface area contributed by atoms with Crippen LogP contribution in [0.15, 0.2) is 82.7 Å². The molecule has 156 valence electrons. The van der Waals surface area contributed by atoms with Crippen LogP contribution in [0.4, 0.5) is 0 Å². The SMILES string of the molecule is Cc1ccc(CNC(=O)CSc2nc3ccccc3c(=O)n2-c2ccccc2Cl)cc1. The van der Waals surface area contributed by atoms with E-state index in [0.29, 0.717) is 33.3 Å². The van der Waals surface area contributed by atoms with Crippen molar-refractivity contribution in [2.75, 3.05) is 5.75 Å². The Hall–Kier alpha value is -3.09. The average Bonchev–Trinajstić information content (AvgIpc) is 2.78. The Balaban J connectivity index is 1.60. The summed E-state index contributed by atoms with van der Waals surface area (Å²) in [7, 11) is 0. The van der Waals surface area contributed by atoms with E-state index in [-0.39, 0.29) is 17.2 Å². The number of hydrogen-bond acceptors (Lipinski definition) is 4. The van der Waals surface area contributed by atoms with E-state index in [1.54, 1.807) is 36.4 Å². The molecule has 0 atom stereocenters. The van der Waals surface area contributed by atoms with E-state index in [0.717, 1.165) is 5.56 Å². The minimum atomic E-state index is -0.221. The number of carbonyl (C=O) groups excluding carboxylic acids is 1. The molecule has 7 heteroatoms. The highest BCUT2D eigenvalue weighted by molar-refractivity contribution is 7.99. The summed E-state index contributed by atoms with van der Waals surface area (Å²) in [5.74, 6) is -0.0140. The number of aromatic nitrogens is 2. The first-order valence-corrected chi connectivity index (χ1v) is 11.1. The normalized spacial score (nSPS) is 10.9. The standard InChI is InChI=1S/C24H20ClN3O2S/c1-16-10-12-17(13-11-16)14-26-22(29)15-31-24-27-20-8-4-2-6-18(20)23(30)28(24)21-9-5-3-7-19(21)25/h2-13H,14-15H2,1H3,(H,26,29). The van der Waals surface area contributed by atoms with Crippen LogP contribution >= 0.6 is 23.4 Å². The van der Waals surface area contributed by atoms with E-state index >= 15 is 0 Å². The van der Waals surface area contributed by atoms with Gasteiger partial charge in [0.05, 0.1) is 27.4 Å². The molecule has 0 bridgehead atoms. The second kappa shape index (κ2) is 9.37. The number of benzene rings is 3. The van der Waals surface area contributed by atoms with Crippen LogP contribution in [0.25, 0.3) is 16.6 Å². The van der Waals surface area contributed by atoms with E-state index < -0.39 is 0 Å². The molecule has 1 heterocycles. The Morgan fingerprint density at radius 1 is 1.03 bits per heavy atom. The van der Waals surface area contributed by atoms with Gasteiger partial charge in [0.2, 0.25) is 5.91 Å². The summed E-state index contributed by atoms with van der Waals surface area (Å²) in [4.78, 5) is 30.3. The van der Waals surface area contributed by atoms with Gasteiger partial charge in [-0.2, -0.15) is 0 Å². The lowest BCUT2D eigenvalue weighted by Gasteiger charge is -2.14. The topological polar surface area (TPSA) is 64.0 Å². The highest BCUT2D eigenvalue weighted by Crippen LogP contribution is 2.25. The van der Waals surface area contributed by atoms with Crippen LogP contribution < -0.4 is 10.9 Å². The first-order valence-electron chi connectivity index (χ1n) is 9.74. The highest BCUT2D eigenvalue weighted by Gasteiger charge is 2.16. The van der Waals surface area contributed by atoms with Gasteiger partial charge in [-0.25, -0.2) is 4.98 Å². The van der Waals surface area contributed by atoms with Crippen molar-refractivity contribution in [3.05, 3.63) is 99.3 Å². The molecule has 1 N–H and O–H groups in total. The third-order valence-electron chi connectivity index (χ3n) is 4.78. The number of nitrogens with one attached hydrogen (secondary N) is 1. The smallest absolute Gasteiger partial charge is 0.266 e. The second-order valence-corrected chi connectivity index (χ2v) is 8.40. The molecular weight excluding hydrogens is 430 g/mol. The maximum atomic E-state index is 13.2. The number of carbonyl (C=O) groups is 1. The van der Waals surface area contributed by atoms with Gasteiger partial charge < -0.3 is 5.32 Å². The third-order valence-corrected chi connectivity index (χ3v) is 6.04. The molecule has 31 heavy (non-hydrogen) atoms. The van der Waals surface area contributed by atoms with E-state index in [2.05, 4.69) is 10.3 Å². The predicted molar refractivity (Wildman–Crippen MR) is 126 cm³/mol. The number of para-hydroxylation sites is 2. The van der Waals surface area contributed by atoms with Gasteiger partial charge in [0, 0.05) is 6.54 Å². The molecule has 0 aliphatic rings. The van der Waals surface area contributed by atoms with Gasteiger partial charge in [-0.1, -0.05) is 77.5 Å². The number of aryl methyl sites for hydroxylation is 1. The fourth-order valence-corrected chi connectivity index (χ4v) is 4.20. The van der Waals surface area contributed by atoms with Crippen LogP contribution in [-0.4, -0.2) is 21.2 Å². The Labute approximate surface area is 189 Å². The molecule has 0 radical (unpaired) electrons. The van der Waals surface area contributed by atoms with E-state index in [4.69, 9.17) is 11.6 Å². The summed E-state index contributed by atoms with van der Waals surface area (Å²) >= 11 is 7.58. The van der Waals surface area contributed by atoms with E-state index in [1.807, 2.05) is 43.3 Å². The quantitative estimate of drug-likeness (QED) is 0.340. The van der Waals surface area contributed by atoms with E-state index in [9.17, 15) is 9.59 Å². The van der Waals surface area contributed by atoms with Gasteiger partial charge >= 0.3 is 0 Å². The van der Waals surface area contributed by atoms with Crippen molar-refractivity contribution in [1.29, 1.82) is 0 Å². The van der Waals surface area contributed by atoms with Crippen molar-refractivity contribution in [2.45, 2.75) is 18.6 Å². The molecule has 1 amide bonds. The maximum Gasteiger partial charge on any atom is 0.266 e. The predicted octanol–water partition coefficient (Wildman–Crippen LogP) is 4.76. The molecule has 0 aliphatic heterocycles. The Morgan fingerprint density at radius 3 is 2.52 bits per heavy atom. The Bertz CT molecular complexity index is 1300. The molecular formula is C24H20ClN3O2S. The minimum Gasteiger partial charge on any atom is -0.351 e. The number of nitrogens with zero attached hydrogens (tertiary/aromatic N) is 2. The molecule has 0 fully saturated rings. The molecule has 0 saturated heterocycles. The molecule has 0 unspecified atom stereocenters. The minimum absolute atomic E-state index is 0.126. The molecule has 0 saturated carbocycles. The molecule has 0 spiro atoms. The van der Waals surface area contributed by atoms with Gasteiger partial charge in [-0.3, -0.25) is 14.2 Å². The molecule has 1 aromatic heterocycles. The van der Waals surface area contributed by atoms with Crippen LogP contribution in [0.2, 0.25) is 5.02 Å². The molecule has 4 rings (SSSR count). The van der Waals surface area contributed by atoms with Crippen molar-refractivity contribution in [3.63, 3.8) is 0 Å². The van der Waals surface area contributed by atoms with E-state index in [1.165, 1.54) is 21.9 Å². The fraction of sp³-hybridized carbons (Fsp3) is 0.125. The van der Waals surface area contributed by atoms with Crippen molar-refractivity contribution >= 4 is 40.2 Å². The number of hydrogen-bond donors (Lipinski definition) is 1. The number of amides is 1. The zero-order valence-corrected chi connectivity index (χ0v) is 18.4. The van der Waals surface area contributed by atoms with Crippen molar-refractivity contribution < 1.29 is 4.79 Å². The summed E-state index contributed by atoms with van der Waals surface area (Å²) in [5.41, 5.74) is 3.10. The van der Waals surface area contributed by atoms with Crippen LogP contribution in [0.3, 0.4) is 0 Å². The summed E-state index contributed by atoms with van der Waals surface area (Å²) in [6.07, 6.45) is 0. The molecule has 5 nitrogen and oxygen atoms in total. The second-order valence-electron chi connectivity index (χ2n) is 7.05. The molecule has 0 aliphatic carbocycles. The van der Waals surface area contributed by atoms with Crippen LogP contribution in [0, 0.1) is 6.92 Å². The average molecular weight is 450 g/mol. The monoisotopic (exact) mass is 449 g/mol. The largest absolute Gasteiger partial charge is 0.351 e. The van der Waals surface area contributed by atoms with Gasteiger partial charge in [0.15, 0.2) is 5.16 Å². The van der Waals surface area contributed by atoms with Crippen molar-refractivity contribution in [1.82, 2.24) is 14.9 Å². The van der Waals surface area contributed by atoms with Gasteiger partial charge in [0.25, 0.3) is 5.56 Å². The highest BCUT2D eigenvalue weighted by atomic mass is 35.5. The Morgan fingerprint density at radius 2 is 1.74 bits per heavy atom. The fourth-order valence-electron chi connectivity index (χ4n) is 3.14. The lowest BCUT2D eigenvalue weighted by Crippen LogP contribution is -2.26. The number of halogens is 1. The Kier molecular flexibility index (Phi) is 6.39. The summed E-state index contributed by atoms with van der Waals surface area (Å²) in [5, 5.41) is 4.26. The van der Waals surface area contributed by atoms with Crippen LogP contribution in [0.1, 0.15) is 11.1 Å². The van der Waals surface area contributed by atoms with Gasteiger partial charge in [-0.15, -0.1) is 0 Å². The first-order chi connectivity index (χ1) is 15.0. The first kappa shape index (κ1) is 21.2. The summed E-state index contributed by atoms with van der Waals surface area (Å²) in [6, 6.07) is 22.3. The number of fused-ring (bicyclic) bond motifs is 1.